The minimum Gasteiger partial charge on any atom is -0.493 e. The molecule has 1 aliphatic heterocycles. The van der Waals surface area contributed by atoms with Gasteiger partial charge in [0.15, 0.2) is 11.5 Å². The molecule has 0 unspecified atom stereocenters. The number of hydrogen-bond donors (Lipinski definition) is 0. The zero-order valence-corrected chi connectivity index (χ0v) is 18.7. The average molecular weight is 452 g/mol. The SMILES string of the molecule is COc1cc(-c2ccnc(N3CCN(C(=O)c4cccc(F)c4)CC3)n2)cc(OC)c1OC. The fourth-order valence-corrected chi connectivity index (χ4v) is 3.80. The van der Waals surface area contributed by atoms with Gasteiger partial charge in [-0.15, -0.1) is 0 Å². The maximum Gasteiger partial charge on any atom is 0.254 e. The summed E-state index contributed by atoms with van der Waals surface area (Å²) >= 11 is 0. The number of carbonyl (C=O) groups is 1. The second-order valence-corrected chi connectivity index (χ2v) is 7.45. The number of methoxy groups -OCH3 is 3. The summed E-state index contributed by atoms with van der Waals surface area (Å²) in [5, 5.41) is 0. The molecule has 9 heteroatoms. The molecule has 33 heavy (non-hydrogen) atoms. The third-order valence-corrected chi connectivity index (χ3v) is 5.52. The quantitative estimate of drug-likeness (QED) is 0.568. The van der Waals surface area contributed by atoms with Crippen LogP contribution in [0.5, 0.6) is 17.2 Å². The molecule has 1 saturated heterocycles. The van der Waals surface area contributed by atoms with Crippen LogP contribution in [-0.2, 0) is 0 Å². The van der Waals surface area contributed by atoms with Gasteiger partial charge < -0.3 is 24.0 Å². The summed E-state index contributed by atoms with van der Waals surface area (Å²) < 4.78 is 29.8. The van der Waals surface area contributed by atoms with Crippen LogP contribution in [0, 0.1) is 5.82 Å². The van der Waals surface area contributed by atoms with Crippen molar-refractivity contribution in [2.75, 3.05) is 52.4 Å². The maximum absolute atomic E-state index is 13.5. The van der Waals surface area contributed by atoms with E-state index in [9.17, 15) is 9.18 Å². The van der Waals surface area contributed by atoms with Crippen molar-refractivity contribution in [1.82, 2.24) is 14.9 Å². The topological polar surface area (TPSA) is 77.0 Å². The number of rotatable bonds is 6. The fourth-order valence-electron chi connectivity index (χ4n) is 3.80. The number of piperazine rings is 1. The Hall–Kier alpha value is -3.88. The van der Waals surface area contributed by atoms with Crippen molar-refractivity contribution in [1.29, 1.82) is 0 Å². The van der Waals surface area contributed by atoms with E-state index in [0.717, 1.165) is 5.56 Å². The molecule has 8 nitrogen and oxygen atoms in total. The molecule has 1 fully saturated rings. The first kappa shape index (κ1) is 22.3. The van der Waals surface area contributed by atoms with E-state index in [1.165, 1.54) is 12.1 Å². The highest BCUT2D eigenvalue weighted by molar-refractivity contribution is 5.94. The first-order valence-electron chi connectivity index (χ1n) is 10.5. The molecule has 0 aliphatic carbocycles. The van der Waals surface area contributed by atoms with Crippen LogP contribution < -0.4 is 19.1 Å². The van der Waals surface area contributed by atoms with Crippen LogP contribution in [0.15, 0.2) is 48.7 Å². The van der Waals surface area contributed by atoms with Gasteiger partial charge in [0, 0.05) is 43.5 Å². The second kappa shape index (κ2) is 9.72. The Morgan fingerprint density at radius 1 is 0.939 bits per heavy atom. The first-order chi connectivity index (χ1) is 16.0. The Bertz CT molecular complexity index is 1120. The van der Waals surface area contributed by atoms with Crippen LogP contribution >= 0.6 is 0 Å². The van der Waals surface area contributed by atoms with Gasteiger partial charge in [0.25, 0.3) is 5.91 Å². The van der Waals surface area contributed by atoms with E-state index < -0.39 is 5.82 Å². The lowest BCUT2D eigenvalue weighted by Gasteiger charge is -2.34. The number of benzene rings is 2. The summed E-state index contributed by atoms with van der Waals surface area (Å²) in [7, 11) is 4.69. The molecule has 2 heterocycles. The standard InChI is InChI=1S/C24H25FN4O4/c1-31-20-14-17(15-21(32-2)22(20)33-3)19-7-8-26-24(27-19)29-11-9-28(10-12-29)23(30)16-5-4-6-18(25)13-16/h4-8,13-15H,9-12H2,1-3H3. The van der Waals surface area contributed by atoms with E-state index >= 15 is 0 Å². The summed E-state index contributed by atoms with van der Waals surface area (Å²) in [5.74, 6) is 1.56. The molecule has 1 aromatic heterocycles. The fraction of sp³-hybridized carbons (Fsp3) is 0.292. The van der Waals surface area contributed by atoms with Crippen molar-refractivity contribution in [2.45, 2.75) is 0 Å². The molecule has 0 bridgehead atoms. The second-order valence-electron chi connectivity index (χ2n) is 7.45. The van der Waals surface area contributed by atoms with Gasteiger partial charge in [0.05, 0.1) is 27.0 Å². The molecule has 172 valence electrons. The smallest absolute Gasteiger partial charge is 0.254 e. The number of amides is 1. The monoisotopic (exact) mass is 452 g/mol. The van der Waals surface area contributed by atoms with E-state index in [4.69, 9.17) is 19.2 Å². The van der Waals surface area contributed by atoms with Gasteiger partial charge in [0.1, 0.15) is 5.82 Å². The van der Waals surface area contributed by atoms with Crippen LogP contribution in [0.1, 0.15) is 10.4 Å². The molecule has 1 amide bonds. The lowest BCUT2D eigenvalue weighted by molar-refractivity contribution is 0.0745. The summed E-state index contributed by atoms with van der Waals surface area (Å²) in [6.45, 7) is 2.12. The number of aromatic nitrogens is 2. The summed E-state index contributed by atoms with van der Waals surface area (Å²) in [4.78, 5) is 25.6. The molecular weight excluding hydrogens is 427 g/mol. The Balaban J connectivity index is 1.51. The van der Waals surface area contributed by atoms with Gasteiger partial charge >= 0.3 is 0 Å². The van der Waals surface area contributed by atoms with Crippen molar-refractivity contribution in [3.05, 3.63) is 60.0 Å². The number of halogens is 1. The number of hydrogen-bond acceptors (Lipinski definition) is 7. The zero-order chi connectivity index (χ0) is 23.4. The molecule has 0 N–H and O–H groups in total. The minimum atomic E-state index is -0.420. The van der Waals surface area contributed by atoms with Gasteiger partial charge in [0.2, 0.25) is 11.7 Å². The molecule has 3 aromatic rings. The molecule has 4 rings (SSSR count). The number of ether oxygens (including phenoxy) is 3. The lowest BCUT2D eigenvalue weighted by Crippen LogP contribution is -2.49. The summed E-state index contributed by atoms with van der Waals surface area (Å²) in [6.07, 6.45) is 1.70. The highest BCUT2D eigenvalue weighted by Gasteiger charge is 2.24. The number of carbonyl (C=O) groups excluding carboxylic acids is 1. The van der Waals surface area contributed by atoms with Crippen molar-refractivity contribution < 1.29 is 23.4 Å². The Kier molecular flexibility index (Phi) is 6.58. The molecule has 0 spiro atoms. The van der Waals surface area contributed by atoms with Crippen molar-refractivity contribution in [3.8, 4) is 28.5 Å². The van der Waals surface area contributed by atoms with E-state index in [0.29, 0.717) is 60.6 Å². The molecule has 0 saturated carbocycles. The highest BCUT2D eigenvalue weighted by Crippen LogP contribution is 2.40. The highest BCUT2D eigenvalue weighted by atomic mass is 19.1. The number of nitrogens with zero attached hydrogens (tertiary/aromatic N) is 4. The van der Waals surface area contributed by atoms with E-state index in [1.54, 1.807) is 44.6 Å². The summed E-state index contributed by atoms with van der Waals surface area (Å²) in [6, 6.07) is 11.2. The largest absolute Gasteiger partial charge is 0.493 e. The van der Waals surface area contributed by atoms with Crippen molar-refractivity contribution >= 4 is 11.9 Å². The van der Waals surface area contributed by atoms with Crippen molar-refractivity contribution in [3.63, 3.8) is 0 Å². The maximum atomic E-state index is 13.5. The number of anilines is 1. The normalized spacial score (nSPS) is 13.6. The van der Waals surface area contributed by atoms with Crippen LogP contribution in [-0.4, -0.2) is 68.3 Å². The molecule has 0 radical (unpaired) electrons. The minimum absolute atomic E-state index is 0.179. The van der Waals surface area contributed by atoms with E-state index in [1.807, 2.05) is 23.1 Å². The first-order valence-corrected chi connectivity index (χ1v) is 10.5. The van der Waals surface area contributed by atoms with Gasteiger partial charge in [-0.05, 0) is 36.4 Å². The zero-order valence-electron chi connectivity index (χ0n) is 18.7. The van der Waals surface area contributed by atoms with Gasteiger partial charge in [-0.1, -0.05) is 6.07 Å². The Labute approximate surface area is 191 Å². The third-order valence-electron chi connectivity index (χ3n) is 5.52. The van der Waals surface area contributed by atoms with Gasteiger partial charge in [-0.25, -0.2) is 14.4 Å². The van der Waals surface area contributed by atoms with Crippen LogP contribution in [0.4, 0.5) is 10.3 Å². The molecular formula is C24H25FN4O4. The van der Waals surface area contributed by atoms with Crippen molar-refractivity contribution in [2.24, 2.45) is 0 Å². The third kappa shape index (κ3) is 4.67. The molecule has 2 aromatic carbocycles. The lowest BCUT2D eigenvalue weighted by atomic mass is 10.1. The molecule has 0 atom stereocenters. The average Bonchev–Trinajstić information content (AvgIpc) is 2.87. The van der Waals surface area contributed by atoms with Gasteiger partial charge in [-0.3, -0.25) is 4.79 Å². The molecule has 1 aliphatic rings. The van der Waals surface area contributed by atoms with E-state index in [-0.39, 0.29) is 5.91 Å². The van der Waals surface area contributed by atoms with E-state index in [2.05, 4.69) is 4.98 Å². The van der Waals surface area contributed by atoms with Crippen LogP contribution in [0.25, 0.3) is 11.3 Å². The van der Waals surface area contributed by atoms with Gasteiger partial charge in [-0.2, -0.15) is 0 Å². The summed E-state index contributed by atoms with van der Waals surface area (Å²) in [5.41, 5.74) is 1.86. The predicted octanol–water partition coefficient (Wildman–Crippen LogP) is 3.27. The predicted molar refractivity (Wildman–Crippen MR) is 122 cm³/mol. The Morgan fingerprint density at radius 2 is 1.64 bits per heavy atom. The Morgan fingerprint density at radius 3 is 2.24 bits per heavy atom. The van der Waals surface area contributed by atoms with Crippen LogP contribution in [0.2, 0.25) is 0 Å². The van der Waals surface area contributed by atoms with Crippen LogP contribution in [0.3, 0.4) is 0 Å².